The summed E-state index contributed by atoms with van der Waals surface area (Å²) in [7, 11) is 0. The van der Waals surface area contributed by atoms with Crippen LogP contribution in [0, 0.1) is 17.8 Å². The van der Waals surface area contributed by atoms with Gasteiger partial charge in [0.25, 0.3) is 0 Å². The highest BCUT2D eigenvalue weighted by Gasteiger charge is 2.36. The molecule has 0 radical (unpaired) electrons. The molecule has 0 atom stereocenters. The molecule has 2 aliphatic heterocycles. The zero-order chi connectivity index (χ0) is 20.5. The van der Waals surface area contributed by atoms with Gasteiger partial charge in [0.2, 0.25) is 11.8 Å². The third-order valence-corrected chi connectivity index (χ3v) is 7.17. The third kappa shape index (κ3) is 4.80. The molecule has 2 amide bonds. The van der Waals surface area contributed by atoms with Gasteiger partial charge in [0.1, 0.15) is 0 Å². The lowest BCUT2D eigenvalue weighted by atomic mass is 9.95. The van der Waals surface area contributed by atoms with Crippen molar-refractivity contribution in [2.24, 2.45) is 17.8 Å². The highest BCUT2D eigenvalue weighted by molar-refractivity contribution is 5.93. The molecule has 2 aliphatic carbocycles. The van der Waals surface area contributed by atoms with E-state index in [4.69, 9.17) is 0 Å². The fourth-order valence-corrected chi connectivity index (χ4v) is 4.83. The van der Waals surface area contributed by atoms with Gasteiger partial charge in [-0.3, -0.25) is 14.5 Å². The van der Waals surface area contributed by atoms with Crippen LogP contribution in [-0.4, -0.2) is 67.4 Å². The SMILES string of the molecule is O=C(Nc1cccc(N2CCN(CC3CC3)CC2)c1)C1CCN(C(=O)C2CC2)CC1. The quantitative estimate of drug-likeness (QED) is 0.784. The number of amides is 2. The van der Waals surface area contributed by atoms with Crippen LogP contribution >= 0.6 is 0 Å². The lowest BCUT2D eigenvalue weighted by Gasteiger charge is -2.36. The molecule has 5 rings (SSSR count). The second-order valence-corrected chi connectivity index (χ2v) is 9.64. The van der Waals surface area contributed by atoms with Crippen LogP contribution in [0.5, 0.6) is 0 Å². The summed E-state index contributed by atoms with van der Waals surface area (Å²) in [5.41, 5.74) is 2.08. The van der Waals surface area contributed by atoms with Gasteiger partial charge in [-0.25, -0.2) is 0 Å². The minimum Gasteiger partial charge on any atom is -0.369 e. The molecule has 2 heterocycles. The predicted molar refractivity (Wildman–Crippen MR) is 118 cm³/mol. The molecular weight excluding hydrogens is 376 g/mol. The molecule has 6 nitrogen and oxygen atoms in total. The number of likely N-dealkylation sites (tertiary alicyclic amines) is 1. The lowest BCUT2D eigenvalue weighted by Crippen LogP contribution is -2.47. The molecule has 30 heavy (non-hydrogen) atoms. The fraction of sp³-hybridized carbons (Fsp3) is 0.667. The highest BCUT2D eigenvalue weighted by atomic mass is 16.2. The molecule has 4 aliphatic rings. The molecule has 1 aromatic carbocycles. The van der Waals surface area contributed by atoms with E-state index in [-0.39, 0.29) is 17.7 Å². The normalized spacial score (nSPS) is 23.5. The van der Waals surface area contributed by atoms with Crippen molar-refractivity contribution in [2.45, 2.75) is 38.5 Å². The van der Waals surface area contributed by atoms with E-state index in [9.17, 15) is 9.59 Å². The Morgan fingerprint density at radius 2 is 1.60 bits per heavy atom. The van der Waals surface area contributed by atoms with Crippen LogP contribution in [0.3, 0.4) is 0 Å². The topological polar surface area (TPSA) is 55.9 Å². The van der Waals surface area contributed by atoms with Crippen molar-refractivity contribution in [1.29, 1.82) is 0 Å². The molecule has 1 aromatic rings. The number of hydrogen-bond acceptors (Lipinski definition) is 4. The van der Waals surface area contributed by atoms with Gasteiger partial charge in [-0.1, -0.05) is 6.07 Å². The number of nitrogens with one attached hydrogen (secondary N) is 1. The third-order valence-electron chi connectivity index (χ3n) is 7.17. The molecule has 0 bridgehead atoms. The molecule has 0 spiro atoms. The van der Waals surface area contributed by atoms with Gasteiger partial charge in [0, 0.05) is 69.0 Å². The first-order valence-electron chi connectivity index (χ1n) is 11.8. The van der Waals surface area contributed by atoms with E-state index < -0.39 is 0 Å². The van der Waals surface area contributed by atoms with Gasteiger partial charge in [-0.2, -0.15) is 0 Å². The van der Waals surface area contributed by atoms with Crippen LogP contribution in [0.4, 0.5) is 11.4 Å². The van der Waals surface area contributed by atoms with E-state index in [1.807, 2.05) is 17.0 Å². The Morgan fingerprint density at radius 3 is 2.27 bits per heavy atom. The summed E-state index contributed by atoms with van der Waals surface area (Å²) < 4.78 is 0. The smallest absolute Gasteiger partial charge is 0.227 e. The Bertz CT molecular complexity index is 773. The van der Waals surface area contributed by atoms with Crippen LogP contribution < -0.4 is 10.2 Å². The number of piperazine rings is 1. The van der Waals surface area contributed by atoms with Crippen LogP contribution in [0.1, 0.15) is 38.5 Å². The van der Waals surface area contributed by atoms with Crippen molar-refractivity contribution in [3.05, 3.63) is 24.3 Å². The van der Waals surface area contributed by atoms with Crippen LogP contribution in [0.2, 0.25) is 0 Å². The maximum absolute atomic E-state index is 12.8. The molecule has 2 saturated carbocycles. The van der Waals surface area contributed by atoms with Gasteiger partial charge in [-0.15, -0.1) is 0 Å². The van der Waals surface area contributed by atoms with Gasteiger partial charge in [0.05, 0.1) is 0 Å². The molecule has 6 heteroatoms. The molecule has 2 saturated heterocycles. The lowest BCUT2D eigenvalue weighted by molar-refractivity contribution is -0.135. The number of piperidine rings is 1. The Labute approximate surface area is 179 Å². The predicted octanol–water partition coefficient (Wildman–Crippen LogP) is 2.81. The van der Waals surface area contributed by atoms with E-state index in [1.165, 1.54) is 25.1 Å². The number of anilines is 2. The largest absolute Gasteiger partial charge is 0.369 e. The Morgan fingerprint density at radius 1 is 0.867 bits per heavy atom. The molecule has 0 unspecified atom stereocenters. The van der Waals surface area contributed by atoms with Crippen molar-refractivity contribution in [3.8, 4) is 0 Å². The summed E-state index contributed by atoms with van der Waals surface area (Å²) >= 11 is 0. The first kappa shape index (κ1) is 19.9. The Hall–Kier alpha value is -2.08. The van der Waals surface area contributed by atoms with Gasteiger partial charge in [-0.05, 0) is 62.6 Å². The van der Waals surface area contributed by atoms with Crippen molar-refractivity contribution in [1.82, 2.24) is 9.80 Å². The second-order valence-electron chi connectivity index (χ2n) is 9.64. The molecule has 4 fully saturated rings. The maximum Gasteiger partial charge on any atom is 0.227 e. The average molecular weight is 411 g/mol. The summed E-state index contributed by atoms with van der Waals surface area (Å²) in [5.74, 6) is 1.63. The Kier molecular flexibility index (Phi) is 5.68. The number of benzene rings is 1. The average Bonchev–Trinajstić information content (AvgIpc) is 3.69. The van der Waals surface area contributed by atoms with E-state index in [0.717, 1.165) is 76.6 Å². The Balaban J connectivity index is 1.11. The van der Waals surface area contributed by atoms with Crippen molar-refractivity contribution in [2.75, 3.05) is 56.0 Å². The summed E-state index contributed by atoms with van der Waals surface area (Å²) in [4.78, 5) is 32.0. The number of carbonyl (C=O) groups excluding carboxylic acids is 2. The van der Waals surface area contributed by atoms with E-state index in [1.54, 1.807) is 0 Å². The van der Waals surface area contributed by atoms with E-state index >= 15 is 0 Å². The summed E-state index contributed by atoms with van der Waals surface area (Å²) in [6, 6.07) is 8.28. The van der Waals surface area contributed by atoms with Gasteiger partial charge in [0.15, 0.2) is 0 Å². The maximum atomic E-state index is 12.8. The summed E-state index contributed by atoms with van der Waals surface area (Å²) in [5, 5.41) is 3.13. The minimum absolute atomic E-state index is 0.00266. The van der Waals surface area contributed by atoms with Crippen molar-refractivity contribution in [3.63, 3.8) is 0 Å². The highest BCUT2D eigenvalue weighted by Crippen LogP contribution is 2.33. The zero-order valence-electron chi connectivity index (χ0n) is 17.9. The van der Waals surface area contributed by atoms with Crippen molar-refractivity contribution < 1.29 is 9.59 Å². The summed E-state index contributed by atoms with van der Waals surface area (Å²) in [6.07, 6.45) is 6.46. The van der Waals surface area contributed by atoms with Crippen molar-refractivity contribution >= 4 is 23.2 Å². The number of rotatable bonds is 6. The monoisotopic (exact) mass is 410 g/mol. The molecule has 1 N–H and O–H groups in total. The zero-order valence-corrected chi connectivity index (χ0v) is 17.9. The van der Waals surface area contributed by atoms with Crippen LogP contribution in [0.15, 0.2) is 24.3 Å². The first-order valence-corrected chi connectivity index (χ1v) is 11.8. The molecule has 0 aromatic heterocycles. The minimum atomic E-state index is 0.00266. The molecular formula is C24H34N4O2. The van der Waals surface area contributed by atoms with Crippen LogP contribution in [0.25, 0.3) is 0 Å². The van der Waals surface area contributed by atoms with Gasteiger partial charge >= 0.3 is 0 Å². The second kappa shape index (κ2) is 8.58. The number of carbonyl (C=O) groups is 2. The number of nitrogens with zero attached hydrogens (tertiary/aromatic N) is 3. The van der Waals surface area contributed by atoms with Gasteiger partial charge < -0.3 is 15.1 Å². The van der Waals surface area contributed by atoms with E-state index in [2.05, 4.69) is 27.2 Å². The van der Waals surface area contributed by atoms with E-state index in [0.29, 0.717) is 5.91 Å². The standard InChI is InChI=1S/C24H34N4O2/c29-23(19-8-10-28(11-9-19)24(30)20-6-7-20)25-21-2-1-3-22(16-21)27-14-12-26(13-15-27)17-18-4-5-18/h1-3,16,18-20H,4-15,17H2,(H,25,29). The molecule has 162 valence electrons. The first-order chi connectivity index (χ1) is 14.7. The van der Waals surface area contributed by atoms with Crippen LogP contribution in [-0.2, 0) is 9.59 Å². The fourth-order valence-electron chi connectivity index (χ4n) is 4.83. The number of hydrogen-bond donors (Lipinski definition) is 1. The summed E-state index contributed by atoms with van der Waals surface area (Å²) in [6.45, 7) is 7.08.